The summed E-state index contributed by atoms with van der Waals surface area (Å²) in [5.41, 5.74) is 4.87. The SMILES string of the molecule is Cc1cc(-c2ncccc2-c2ccc3c[nH]c(C(=O)NCCN4CCOCC4)[n+]3c2)ccc1F. The second kappa shape index (κ2) is 9.70. The van der Waals surface area contributed by atoms with Gasteiger partial charge in [0.2, 0.25) is 0 Å². The quantitative estimate of drug-likeness (QED) is 0.434. The number of hydrogen-bond donors (Lipinski definition) is 2. The van der Waals surface area contributed by atoms with E-state index in [1.165, 1.54) is 6.07 Å². The van der Waals surface area contributed by atoms with E-state index in [0.717, 1.165) is 60.7 Å². The highest BCUT2D eigenvalue weighted by molar-refractivity contribution is 5.89. The first-order valence-corrected chi connectivity index (χ1v) is 11.4. The molecule has 0 radical (unpaired) electrons. The number of benzene rings is 1. The average Bonchev–Trinajstić information content (AvgIpc) is 3.30. The van der Waals surface area contributed by atoms with Crippen molar-refractivity contribution >= 4 is 11.4 Å². The number of carbonyl (C=O) groups is 1. The number of halogens is 1. The van der Waals surface area contributed by atoms with Gasteiger partial charge in [0.1, 0.15) is 18.2 Å². The molecular weight excluding hydrogens is 433 g/mol. The number of aryl methyl sites for hydroxylation is 1. The van der Waals surface area contributed by atoms with E-state index in [0.29, 0.717) is 17.9 Å². The largest absolute Gasteiger partial charge is 0.379 e. The summed E-state index contributed by atoms with van der Waals surface area (Å²) in [6.07, 6.45) is 5.47. The Balaban J connectivity index is 1.41. The summed E-state index contributed by atoms with van der Waals surface area (Å²) in [7, 11) is 0. The van der Waals surface area contributed by atoms with Crippen molar-refractivity contribution in [2.24, 2.45) is 0 Å². The van der Waals surface area contributed by atoms with Crippen molar-refractivity contribution in [3.63, 3.8) is 0 Å². The van der Waals surface area contributed by atoms with Crippen LogP contribution in [0.1, 0.15) is 16.2 Å². The minimum Gasteiger partial charge on any atom is -0.379 e. The summed E-state index contributed by atoms with van der Waals surface area (Å²) in [6, 6.07) is 12.8. The number of aromatic nitrogens is 3. The second-order valence-corrected chi connectivity index (χ2v) is 8.42. The number of H-pyrrole nitrogens is 1. The fourth-order valence-corrected chi connectivity index (χ4v) is 4.27. The molecule has 1 aliphatic rings. The van der Waals surface area contributed by atoms with Crippen LogP contribution in [0.4, 0.5) is 4.39 Å². The number of morpholine rings is 1. The Morgan fingerprint density at radius 3 is 2.85 bits per heavy atom. The molecule has 0 saturated carbocycles. The molecule has 1 saturated heterocycles. The van der Waals surface area contributed by atoms with Gasteiger partial charge in [0.25, 0.3) is 0 Å². The van der Waals surface area contributed by atoms with Gasteiger partial charge in [-0.3, -0.25) is 14.7 Å². The average molecular weight is 461 g/mol. The van der Waals surface area contributed by atoms with Crippen LogP contribution in [-0.4, -0.2) is 60.2 Å². The molecule has 1 aromatic carbocycles. The van der Waals surface area contributed by atoms with Crippen molar-refractivity contribution in [1.82, 2.24) is 20.2 Å². The first kappa shape index (κ1) is 22.2. The summed E-state index contributed by atoms with van der Waals surface area (Å²) >= 11 is 0. The molecule has 7 nitrogen and oxygen atoms in total. The Morgan fingerprint density at radius 2 is 2.03 bits per heavy atom. The highest BCUT2D eigenvalue weighted by atomic mass is 19.1. The van der Waals surface area contributed by atoms with Gasteiger partial charge in [-0.1, -0.05) is 6.07 Å². The first-order valence-electron chi connectivity index (χ1n) is 11.4. The topological polar surface area (TPSA) is 74.3 Å². The van der Waals surface area contributed by atoms with Crippen LogP contribution in [0.15, 0.2) is 61.1 Å². The van der Waals surface area contributed by atoms with Crippen molar-refractivity contribution in [3.05, 3.63) is 78.3 Å². The van der Waals surface area contributed by atoms with E-state index in [4.69, 9.17) is 4.74 Å². The summed E-state index contributed by atoms with van der Waals surface area (Å²) in [5.74, 6) is 0.0580. The number of nitrogens with one attached hydrogen (secondary N) is 2. The second-order valence-electron chi connectivity index (χ2n) is 8.42. The van der Waals surface area contributed by atoms with Gasteiger partial charge in [-0.2, -0.15) is 4.40 Å². The zero-order valence-corrected chi connectivity index (χ0v) is 19.1. The van der Waals surface area contributed by atoms with E-state index in [1.807, 2.05) is 41.1 Å². The van der Waals surface area contributed by atoms with Crippen LogP contribution in [0, 0.1) is 12.7 Å². The van der Waals surface area contributed by atoms with Crippen LogP contribution in [0.3, 0.4) is 0 Å². The minimum atomic E-state index is -0.241. The van der Waals surface area contributed by atoms with Crippen LogP contribution in [-0.2, 0) is 4.74 Å². The lowest BCUT2D eigenvalue weighted by molar-refractivity contribution is -0.513. The molecule has 1 fully saturated rings. The third-order valence-electron chi connectivity index (χ3n) is 6.16. The van der Waals surface area contributed by atoms with Crippen LogP contribution in [0.25, 0.3) is 27.9 Å². The molecule has 2 N–H and O–H groups in total. The number of hydrogen-bond acceptors (Lipinski definition) is 4. The molecule has 0 bridgehead atoms. The molecule has 4 aromatic rings. The molecule has 34 heavy (non-hydrogen) atoms. The highest BCUT2D eigenvalue weighted by Gasteiger charge is 2.22. The van der Waals surface area contributed by atoms with Gasteiger partial charge in [0, 0.05) is 49.1 Å². The van der Waals surface area contributed by atoms with Gasteiger partial charge in [-0.15, -0.1) is 0 Å². The van der Waals surface area contributed by atoms with Crippen molar-refractivity contribution in [3.8, 4) is 22.4 Å². The van der Waals surface area contributed by atoms with Crippen LogP contribution in [0.2, 0.25) is 0 Å². The van der Waals surface area contributed by atoms with E-state index in [9.17, 15) is 9.18 Å². The molecule has 0 spiro atoms. The lowest BCUT2D eigenvalue weighted by atomic mass is 9.99. The van der Waals surface area contributed by atoms with Crippen LogP contribution >= 0.6 is 0 Å². The molecule has 0 unspecified atom stereocenters. The molecular formula is C26H27FN5O2+. The lowest BCUT2D eigenvalue weighted by Gasteiger charge is -2.26. The molecule has 4 heterocycles. The van der Waals surface area contributed by atoms with E-state index in [2.05, 4.69) is 20.2 Å². The molecule has 174 valence electrons. The molecule has 8 heteroatoms. The first-order chi connectivity index (χ1) is 16.6. The third-order valence-corrected chi connectivity index (χ3v) is 6.16. The highest BCUT2D eigenvalue weighted by Crippen LogP contribution is 2.30. The number of nitrogens with zero attached hydrogens (tertiary/aromatic N) is 3. The third kappa shape index (κ3) is 4.55. The predicted octanol–water partition coefficient (Wildman–Crippen LogP) is 2.99. The number of ether oxygens (including phenoxy) is 1. The molecule has 5 rings (SSSR count). The fraction of sp³-hybridized carbons (Fsp3) is 0.269. The van der Waals surface area contributed by atoms with Gasteiger partial charge in [0.05, 0.1) is 18.9 Å². The summed E-state index contributed by atoms with van der Waals surface area (Å²) in [4.78, 5) is 22.9. The van der Waals surface area contributed by atoms with Crippen molar-refractivity contribution in [2.75, 3.05) is 39.4 Å². The van der Waals surface area contributed by atoms with E-state index in [1.54, 1.807) is 25.3 Å². The van der Waals surface area contributed by atoms with Gasteiger partial charge >= 0.3 is 11.7 Å². The Hall–Kier alpha value is -3.62. The minimum absolute atomic E-state index is 0.161. The van der Waals surface area contributed by atoms with Crippen molar-refractivity contribution in [1.29, 1.82) is 0 Å². The van der Waals surface area contributed by atoms with Gasteiger partial charge in [0.15, 0.2) is 5.52 Å². The maximum atomic E-state index is 13.8. The lowest BCUT2D eigenvalue weighted by Crippen LogP contribution is -2.42. The molecule has 0 atom stereocenters. The Morgan fingerprint density at radius 1 is 1.21 bits per heavy atom. The van der Waals surface area contributed by atoms with E-state index in [-0.39, 0.29) is 11.7 Å². The zero-order valence-electron chi connectivity index (χ0n) is 19.1. The summed E-state index contributed by atoms with van der Waals surface area (Å²) in [6.45, 7) is 6.35. The Labute approximate surface area is 197 Å². The zero-order chi connectivity index (χ0) is 23.5. The summed E-state index contributed by atoms with van der Waals surface area (Å²) < 4.78 is 21.0. The van der Waals surface area contributed by atoms with Crippen molar-refractivity contribution < 1.29 is 18.3 Å². The van der Waals surface area contributed by atoms with Gasteiger partial charge in [-0.25, -0.2) is 9.37 Å². The number of aromatic amines is 1. The van der Waals surface area contributed by atoms with Gasteiger partial charge in [-0.05, 0) is 48.9 Å². The molecule has 1 aliphatic heterocycles. The Kier molecular flexibility index (Phi) is 6.33. The standard InChI is InChI=1S/C26H26FN5O2/c1-18-15-19(5-7-23(18)27)24-22(3-2-8-28-24)20-4-6-21-16-30-25(32(21)17-20)26(33)29-9-10-31-11-13-34-14-12-31/h2-8,15-17H,9-14H2,1H3,(H,29,33)/p+1. The van der Waals surface area contributed by atoms with E-state index < -0.39 is 0 Å². The van der Waals surface area contributed by atoms with E-state index >= 15 is 0 Å². The number of imidazole rings is 1. The molecule has 0 aliphatic carbocycles. The Bertz CT molecular complexity index is 1330. The maximum Gasteiger partial charge on any atom is 0.350 e. The number of amides is 1. The van der Waals surface area contributed by atoms with Crippen LogP contribution < -0.4 is 9.72 Å². The summed E-state index contributed by atoms with van der Waals surface area (Å²) in [5, 5.41) is 3.01. The molecule has 1 amide bonds. The van der Waals surface area contributed by atoms with Crippen LogP contribution in [0.5, 0.6) is 0 Å². The number of rotatable bonds is 6. The van der Waals surface area contributed by atoms with Gasteiger partial charge < -0.3 is 10.1 Å². The maximum absolute atomic E-state index is 13.8. The normalized spacial score (nSPS) is 14.4. The van der Waals surface area contributed by atoms with Crippen molar-refractivity contribution in [2.45, 2.75) is 6.92 Å². The molecule has 3 aromatic heterocycles. The fourth-order valence-electron chi connectivity index (χ4n) is 4.27. The smallest absolute Gasteiger partial charge is 0.350 e. The number of pyridine rings is 2. The number of fused-ring (bicyclic) bond motifs is 1. The number of carbonyl (C=O) groups excluding carboxylic acids is 1. The monoisotopic (exact) mass is 460 g/mol. The predicted molar refractivity (Wildman–Crippen MR) is 127 cm³/mol.